The topological polar surface area (TPSA) is 72.5 Å². The van der Waals surface area contributed by atoms with E-state index in [0.29, 0.717) is 17.9 Å². The number of carbonyl (C=O) groups is 1. The van der Waals surface area contributed by atoms with E-state index in [-0.39, 0.29) is 12.0 Å². The molecule has 0 saturated carbocycles. The molecular weight excluding hydrogens is 310 g/mol. The fourth-order valence-corrected chi connectivity index (χ4v) is 3.32. The van der Waals surface area contributed by atoms with Gasteiger partial charge in [-0.3, -0.25) is 4.79 Å². The van der Waals surface area contributed by atoms with Crippen molar-refractivity contribution < 1.29 is 17.9 Å². The molecule has 21 heavy (non-hydrogen) atoms. The maximum atomic E-state index is 11.5. The van der Waals surface area contributed by atoms with E-state index in [0.717, 1.165) is 10.6 Å². The number of carbonyl (C=O) groups excluding carboxylic acids is 1. The van der Waals surface area contributed by atoms with Crippen molar-refractivity contribution in [3.05, 3.63) is 24.3 Å². The van der Waals surface area contributed by atoms with Crippen molar-refractivity contribution in [2.24, 2.45) is 0 Å². The highest BCUT2D eigenvalue weighted by Crippen LogP contribution is 2.21. The van der Waals surface area contributed by atoms with Crippen LogP contribution in [0.4, 0.5) is 0 Å². The van der Waals surface area contributed by atoms with E-state index in [1.165, 1.54) is 13.4 Å². The molecule has 0 amide bonds. The quantitative estimate of drug-likeness (QED) is 0.578. The van der Waals surface area contributed by atoms with E-state index in [1.807, 2.05) is 6.92 Å². The van der Waals surface area contributed by atoms with Crippen LogP contribution in [0.3, 0.4) is 0 Å². The summed E-state index contributed by atoms with van der Waals surface area (Å²) >= 11 is 1.58. The first kappa shape index (κ1) is 18.0. The lowest BCUT2D eigenvalue weighted by molar-refractivity contribution is -0.143. The zero-order valence-corrected chi connectivity index (χ0v) is 14.1. The molecule has 0 fully saturated rings. The lowest BCUT2D eigenvalue weighted by Gasteiger charge is -2.14. The predicted molar refractivity (Wildman–Crippen MR) is 84.4 cm³/mol. The molecule has 1 atom stereocenters. The number of thioether (sulfide) groups is 1. The molecule has 7 heteroatoms. The van der Waals surface area contributed by atoms with Gasteiger partial charge in [0, 0.05) is 16.9 Å². The maximum Gasteiger partial charge on any atom is 0.322 e. The number of ether oxygens (including phenoxy) is 1. The third-order valence-corrected chi connectivity index (χ3v) is 5.04. The highest BCUT2D eigenvalue weighted by atomic mass is 32.2. The first-order valence-electron chi connectivity index (χ1n) is 6.62. The number of likely N-dealkylation sites (N-methyl/N-ethyl adjacent to an activating group) is 1. The minimum Gasteiger partial charge on any atom is -0.468 e. The van der Waals surface area contributed by atoms with Crippen molar-refractivity contribution in [1.29, 1.82) is 0 Å². The van der Waals surface area contributed by atoms with Gasteiger partial charge in [0.05, 0.1) is 12.0 Å². The fourth-order valence-electron chi connectivity index (χ4n) is 1.77. The van der Waals surface area contributed by atoms with Crippen LogP contribution in [-0.2, 0) is 19.4 Å². The largest absolute Gasteiger partial charge is 0.468 e. The average molecular weight is 331 g/mol. The van der Waals surface area contributed by atoms with Crippen molar-refractivity contribution in [2.45, 2.75) is 29.2 Å². The van der Waals surface area contributed by atoms with Crippen molar-refractivity contribution in [1.82, 2.24) is 5.32 Å². The zero-order chi connectivity index (χ0) is 15.9. The Hall–Kier alpha value is -1.05. The second-order valence-electron chi connectivity index (χ2n) is 4.51. The summed E-state index contributed by atoms with van der Waals surface area (Å²) in [6, 6.07) is 6.45. The number of sulfone groups is 1. The Kier molecular flexibility index (Phi) is 7.21. The molecule has 0 aromatic heterocycles. The molecule has 0 heterocycles. The van der Waals surface area contributed by atoms with Gasteiger partial charge in [0.15, 0.2) is 9.84 Å². The lowest BCUT2D eigenvalue weighted by atomic mass is 10.2. The third-order valence-electron chi connectivity index (χ3n) is 2.86. The molecule has 0 aliphatic heterocycles. The number of nitrogens with one attached hydrogen (secondary N) is 1. The van der Waals surface area contributed by atoms with E-state index < -0.39 is 9.84 Å². The van der Waals surface area contributed by atoms with Gasteiger partial charge in [0.1, 0.15) is 6.04 Å². The Balaban J connectivity index is 2.53. The average Bonchev–Trinajstić information content (AvgIpc) is 2.45. The van der Waals surface area contributed by atoms with Crippen molar-refractivity contribution in [3.63, 3.8) is 0 Å². The summed E-state index contributed by atoms with van der Waals surface area (Å²) in [5.41, 5.74) is 0. The van der Waals surface area contributed by atoms with Crippen LogP contribution < -0.4 is 5.32 Å². The van der Waals surface area contributed by atoms with Crippen LogP contribution in [0.15, 0.2) is 34.1 Å². The van der Waals surface area contributed by atoms with Crippen LogP contribution in [0, 0.1) is 0 Å². The summed E-state index contributed by atoms with van der Waals surface area (Å²) in [7, 11) is -1.78. The fraction of sp³-hybridized carbons (Fsp3) is 0.500. The van der Waals surface area contributed by atoms with Gasteiger partial charge >= 0.3 is 5.97 Å². The van der Waals surface area contributed by atoms with Gasteiger partial charge in [-0.25, -0.2) is 8.42 Å². The summed E-state index contributed by atoms with van der Waals surface area (Å²) in [5.74, 6) is 0.482. The lowest BCUT2D eigenvalue weighted by Crippen LogP contribution is -2.37. The van der Waals surface area contributed by atoms with Crippen LogP contribution in [-0.4, -0.2) is 46.1 Å². The Bertz CT molecular complexity index is 555. The number of methoxy groups -OCH3 is 1. The summed E-state index contributed by atoms with van der Waals surface area (Å²) in [6.45, 7) is 2.64. The molecule has 0 radical (unpaired) electrons. The highest BCUT2D eigenvalue weighted by Gasteiger charge is 2.17. The summed E-state index contributed by atoms with van der Waals surface area (Å²) in [4.78, 5) is 12.8. The van der Waals surface area contributed by atoms with Crippen LogP contribution in [0.5, 0.6) is 0 Å². The molecular formula is C14H21NO4S2. The van der Waals surface area contributed by atoms with Gasteiger partial charge < -0.3 is 10.1 Å². The maximum absolute atomic E-state index is 11.5. The van der Waals surface area contributed by atoms with Crippen LogP contribution in [0.25, 0.3) is 0 Å². The number of rotatable bonds is 8. The van der Waals surface area contributed by atoms with Gasteiger partial charge in [-0.15, -0.1) is 11.8 Å². The minimum atomic E-state index is -3.16. The molecule has 1 aromatic carbocycles. The number of esters is 1. The van der Waals surface area contributed by atoms with Crippen LogP contribution >= 0.6 is 11.8 Å². The first-order chi connectivity index (χ1) is 9.88. The molecule has 1 unspecified atom stereocenters. The number of hydrogen-bond acceptors (Lipinski definition) is 6. The van der Waals surface area contributed by atoms with E-state index in [1.54, 1.807) is 36.0 Å². The molecule has 5 nitrogen and oxygen atoms in total. The zero-order valence-electron chi connectivity index (χ0n) is 12.5. The second kappa shape index (κ2) is 8.41. The Labute approximate surface area is 130 Å². The molecule has 1 aromatic rings. The summed E-state index contributed by atoms with van der Waals surface area (Å²) < 4.78 is 27.5. The molecule has 1 rings (SSSR count). The Morgan fingerprint density at radius 3 is 2.43 bits per heavy atom. The third kappa shape index (κ3) is 6.07. The van der Waals surface area contributed by atoms with E-state index in [4.69, 9.17) is 4.74 Å². The Morgan fingerprint density at radius 1 is 1.33 bits per heavy atom. The molecule has 1 N–H and O–H groups in total. The molecule has 0 spiro atoms. The predicted octanol–water partition coefficient (Wildman–Crippen LogP) is 1.72. The van der Waals surface area contributed by atoms with E-state index in [2.05, 4.69) is 5.32 Å². The highest BCUT2D eigenvalue weighted by molar-refractivity contribution is 7.99. The Morgan fingerprint density at radius 2 is 1.95 bits per heavy atom. The molecule has 118 valence electrons. The van der Waals surface area contributed by atoms with Gasteiger partial charge in [0.2, 0.25) is 0 Å². The minimum absolute atomic E-state index is 0.259. The number of hydrogen-bond donors (Lipinski definition) is 1. The SMILES string of the molecule is CCNC(CCSc1ccc(S(C)(=O)=O)cc1)C(=O)OC. The smallest absolute Gasteiger partial charge is 0.322 e. The molecule has 0 aliphatic carbocycles. The van der Waals surface area contributed by atoms with Crippen molar-refractivity contribution in [3.8, 4) is 0 Å². The van der Waals surface area contributed by atoms with Crippen molar-refractivity contribution in [2.75, 3.05) is 25.7 Å². The first-order valence-corrected chi connectivity index (χ1v) is 9.50. The molecule has 0 bridgehead atoms. The normalized spacial score (nSPS) is 12.9. The van der Waals surface area contributed by atoms with Crippen LogP contribution in [0.1, 0.15) is 13.3 Å². The molecule has 0 saturated heterocycles. The molecule has 0 aliphatic rings. The van der Waals surface area contributed by atoms with Gasteiger partial charge in [-0.2, -0.15) is 0 Å². The van der Waals surface area contributed by atoms with Crippen LogP contribution in [0.2, 0.25) is 0 Å². The second-order valence-corrected chi connectivity index (χ2v) is 7.70. The van der Waals surface area contributed by atoms with Gasteiger partial charge in [-0.1, -0.05) is 6.92 Å². The monoisotopic (exact) mass is 331 g/mol. The standard InChI is InChI=1S/C14H21NO4S2/c1-4-15-13(14(16)19-2)9-10-20-11-5-7-12(8-6-11)21(3,17)18/h5-8,13,15H,4,9-10H2,1-3H3. The van der Waals surface area contributed by atoms with Gasteiger partial charge in [-0.05, 0) is 37.2 Å². The van der Waals surface area contributed by atoms with Gasteiger partial charge in [0.25, 0.3) is 0 Å². The summed E-state index contributed by atoms with van der Waals surface area (Å²) in [6.07, 6.45) is 1.84. The van der Waals surface area contributed by atoms with Crippen molar-refractivity contribution >= 4 is 27.6 Å². The van der Waals surface area contributed by atoms with E-state index >= 15 is 0 Å². The van der Waals surface area contributed by atoms with E-state index in [9.17, 15) is 13.2 Å². The summed E-state index contributed by atoms with van der Waals surface area (Å²) in [5, 5.41) is 3.08. The number of benzene rings is 1.